The van der Waals surface area contributed by atoms with Crippen LogP contribution in [0.2, 0.25) is 0 Å². The van der Waals surface area contributed by atoms with E-state index < -0.39 is 17.1 Å². The molecule has 1 aliphatic carbocycles. The third-order valence-corrected chi connectivity index (χ3v) is 3.75. The van der Waals surface area contributed by atoms with Crippen LogP contribution in [0.25, 0.3) is 0 Å². The largest absolute Gasteiger partial charge is 0.478 e. The molecule has 1 aromatic carbocycles. The number of benzene rings is 1. The molecule has 21 heavy (non-hydrogen) atoms. The molecule has 0 atom stereocenters. The molecule has 1 fully saturated rings. The summed E-state index contributed by atoms with van der Waals surface area (Å²) in [6.07, 6.45) is 4.55. The van der Waals surface area contributed by atoms with Crippen LogP contribution < -0.4 is 21.9 Å². The molecule has 0 aliphatic heterocycles. The van der Waals surface area contributed by atoms with Gasteiger partial charge in [-0.3, -0.25) is 15.0 Å². The lowest BCUT2D eigenvalue weighted by Crippen LogP contribution is -2.16. The highest BCUT2D eigenvalue weighted by Gasteiger charge is 2.20. The number of rotatable bonds is 5. The fraction of sp³-hybridized carbons (Fsp3) is 0.357. The lowest BCUT2D eigenvalue weighted by molar-refractivity contribution is 0.0698. The maximum absolute atomic E-state index is 11.2. The van der Waals surface area contributed by atoms with Gasteiger partial charge in [-0.15, -0.1) is 0 Å². The number of aromatic carboxylic acids is 1. The van der Waals surface area contributed by atoms with Gasteiger partial charge in [-0.1, -0.05) is 12.8 Å². The lowest BCUT2D eigenvalue weighted by Gasteiger charge is -2.15. The van der Waals surface area contributed by atoms with E-state index in [1.165, 1.54) is 18.9 Å². The van der Waals surface area contributed by atoms with Crippen LogP contribution >= 0.6 is 0 Å². The highest BCUT2D eigenvalue weighted by Crippen LogP contribution is 2.26. The van der Waals surface area contributed by atoms with E-state index in [0.717, 1.165) is 23.2 Å². The minimum atomic E-state index is -1.12. The molecule has 1 aliphatic rings. The third-order valence-electron chi connectivity index (χ3n) is 3.75. The zero-order valence-electron chi connectivity index (χ0n) is 11.3. The number of hydrogen-bond donors (Lipinski definition) is 3. The summed E-state index contributed by atoms with van der Waals surface area (Å²) in [7, 11) is 0. The van der Waals surface area contributed by atoms with Crippen molar-refractivity contribution in [3.8, 4) is 0 Å². The molecule has 0 unspecified atom stereocenters. The van der Waals surface area contributed by atoms with E-state index in [9.17, 15) is 14.4 Å². The molecule has 0 amide bonds. The average molecular weight is 289 g/mol. The van der Waals surface area contributed by atoms with Crippen molar-refractivity contribution in [1.29, 1.82) is 0 Å². The summed E-state index contributed by atoms with van der Waals surface area (Å²) in [5.74, 6) is -1.12. The number of carbonyl (C=O) groups is 1. The van der Waals surface area contributed by atoms with E-state index in [0.29, 0.717) is 6.04 Å². The lowest BCUT2D eigenvalue weighted by atomic mass is 10.1. The van der Waals surface area contributed by atoms with Crippen LogP contribution in [-0.2, 0) is 0 Å². The van der Waals surface area contributed by atoms with Crippen LogP contribution in [-0.4, -0.2) is 21.8 Å². The van der Waals surface area contributed by atoms with Gasteiger partial charge >= 0.3 is 17.1 Å². The molecule has 110 valence electrons. The maximum Gasteiger partial charge on any atom is 0.340 e. The predicted molar refractivity (Wildman–Crippen MR) is 77.6 cm³/mol. The van der Waals surface area contributed by atoms with Gasteiger partial charge in [-0.25, -0.2) is 4.79 Å². The van der Waals surface area contributed by atoms with E-state index in [-0.39, 0.29) is 11.3 Å². The van der Waals surface area contributed by atoms with E-state index in [4.69, 9.17) is 5.11 Å². The van der Waals surface area contributed by atoms with Crippen molar-refractivity contribution in [2.75, 3.05) is 10.7 Å². The van der Waals surface area contributed by atoms with E-state index in [1.807, 2.05) is 0 Å². The molecular formula is C14H15N3O4. The van der Waals surface area contributed by atoms with Crippen LogP contribution in [0.15, 0.2) is 27.8 Å². The standard InChI is InChI=1S/C14H15N3O4/c18-12-13(19)17(12)16-11-7-9(5-6-10(11)14(20)21)15-8-3-1-2-4-8/h5-8,15-16H,1-4H2,(H,20,21). The van der Waals surface area contributed by atoms with Gasteiger partial charge in [0.1, 0.15) is 0 Å². The Morgan fingerprint density at radius 2 is 1.86 bits per heavy atom. The SMILES string of the molecule is O=C(O)c1ccc(NC2CCCC2)cc1Nn1c(=O)c1=O. The molecule has 3 rings (SSSR count). The van der Waals surface area contributed by atoms with Crippen molar-refractivity contribution in [1.82, 2.24) is 4.68 Å². The van der Waals surface area contributed by atoms with Crippen molar-refractivity contribution in [2.24, 2.45) is 0 Å². The Kier molecular flexibility index (Phi) is 3.25. The molecule has 1 saturated carbocycles. The molecule has 0 radical (unpaired) electrons. The normalized spacial score (nSPS) is 15.4. The van der Waals surface area contributed by atoms with E-state index in [1.54, 1.807) is 12.1 Å². The molecule has 3 N–H and O–H groups in total. The molecule has 1 aromatic heterocycles. The summed E-state index contributed by atoms with van der Waals surface area (Å²) in [6.45, 7) is 0. The maximum atomic E-state index is 11.2. The monoisotopic (exact) mass is 289 g/mol. The molecule has 0 saturated heterocycles. The van der Waals surface area contributed by atoms with Gasteiger partial charge in [0.05, 0.1) is 11.3 Å². The van der Waals surface area contributed by atoms with Crippen LogP contribution in [0.1, 0.15) is 36.0 Å². The number of carboxylic acids is 1. The number of hydrogen-bond acceptors (Lipinski definition) is 5. The Morgan fingerprint density at radius 3 is 2.43 bits per heavy atom. The quantitative estimate of drug-likeness (QED) is 0.710. The topological polar surface area (TPSA) is 100 Å². The Bertz CT molecular complexity index is 726. The van der Waals surface area contributed by atoms with E-state index in [2.05, 4.69) is 10.7 Å². The Hall–Kier alpha value is -2.57. The molecule has 1 heterocycles. The minimum absolute atomic E-state index is 0.0134. The van der Waals surface area contributed by atoms with Crippen LogP contribution in [0.5, 0.6) is 0 Å². The summed E-state index contributed by atoms with van der Waals surface area (Å²) in [6, 6.07) is 5.15. The van der Waals surface area contributed by atoms with Crippen molar-refractivity contribution < 1.29 is 9.90 Å². The summed E-state index contributed by atoms with van der Waals surface area (Å²) in [4.78, 5) is 33.2. The number of nitrogens with one attached hydrogen (secondary N) is 2. The van der Waals surface area contributed by atoms with Gasteiger partial charge in [0.25, 0.3) is 0 Å². The molecular weight excluding hydrogens is 274 g/mol. The van der Waals surface area contributed by atoms with Crippen molar-refractivity contribution >= 4 is 17.3 Å². The molecule has 7 heteroatoms. The summed E-state index contributed by atoms with van der Waals surface area (Å²) >= 11 is 0. The average Bonchev–Trinajstić information content (AvgIpc) is 2.85. The Balaban J connectivity index is 1.86. The van der Waals surface area contributed by atoms with Crippen LogP contribution in [0.3, 0.4) is 0 Å². The number of carboxylic acid groups (broad SMARTS) is 1. The first kappa shape index (κ1) is 13.4. The zero-order chi connectivity index (χ0) is 15.0. The second-order valence-electron chi connectivity index (χ2n) is 5.25. The van der Waals surface area contributed by atoms with Crippen molar-refractivity contribution in [3.63, 3.8) is 0 Å². The molecule has 2 aromatic rings. The first-order valence-corrected chi connectivity index (χ1v) is 6.85. The zero-order valence-corrected chi connectivity index (χ0v) is 11.3. The van der Waals surface area contributed by atoms with Gasteiger partial charge in [0.2, 0.25) is 0 Å². The van der Waals surface area contributed by atoms with Crippen molar-refractivity contribution in [2.45, 2.75) is 31.7 Å². The first-order chi connectivity index (χ1) is 10.1. The van der Waals surface area contributed by atoms with Crippen LogP contribution in [0.4, 0.5) is 11.4 Å². The highest BCUT2D eigenvalue weighted by molar-refractivity contribution is 5.95. The summed E-state index contributed by atoms with van der Waals surface area (Å²) in [5.41, 5.74) is 2.23. The van der Waals surface area contributed by atoms with Crippen molar-refractivity contribution in [3.05, 3.63) is 44.5 Å². The Labute approximate surface area is 119 Å². The van der Waals surface area contributed by atoms with E-state index >= 15 is 0 Å². The van der Waals surface area contributed by atoms with Gasteiger partial charge in [0.15, 0.2) is 0 Å². The van der Waals surface area contributed by atoms with Gasteiger partial charge in [-0.2, -0.15) is 4.68 Å². The Morgan fingerprint density at radius 1 is 1.19 bits per heavy atom. The van der Waals surface area contributed by atoms with Gasteiger partial charge < -0.3 is 10.4 Å². The summed E-state index contributed by atoms with van der Waals surface area (Å²) < 4.78 is 0.793. The molecule has 0 spiro atoms. The second-order valence-corrected chi connectivity index (χ2v) is 5.25. The molecule has 7 nitrogen and oxygen atoms in total. The third kappa shape index (κ3) is 2.67. The first-order valence-electron chi connectivity index (χ1n) is 6.85. The number of nitrogens with zero attached hydrogens (tertiary/aromatic N) is 1. The van der Waals surface area contributed by atoms with Crippen LogP contribution in [0, 0.1) is 0 Å². The smallest absolute Gasteiger partial charge is 0.340 e. The minimum Gasteiger partial charge on any atom is -0.478 e. The van der Waals surface area contributed by atoms with Gasteiger partial charge in [0, 0.05) is 11.7 Å². The molecule has 0 bridgehead atoms. The fourth-order valence-corrected chi connectivity index (χ4v) is 2.58. The summed E-state index contributed by atoms with van der Waals surface area (Å²) in [5, 5.41) is 12.5. The number of aromatic nitrogens is 1. The highest BCUT2D eigenvalue weighted by atomic mass is 16.4. The van der Waals surface area contributed by atoms with Gasteiger partial charge in [-0.05, 0) is 31.0 Å². The fourth-order valence-electron chi connectivity index (χ4n) is 2.58. The second kappa shape index (κ2) is 5.08. The number of anilines is 2. The predicted octanol–water partition coefficient (Wildman–Crippen LogP) is 1.01.